The van der Waals surface area contributed by atoms with Crippen molar-refractivity contribution in [3.05, 3.63) is 119 Å². The largest absolute Gasteiger partial charge is 0.743 e. The monoisotopic (exact) mass is 1080 g/mol. The van der Waals surface area contributed by atoms with Gasteiger partial charge in [0.05, 0.1) is 40.5 Å². The predicted octanol–water partition coefficient (Wildman–Crippen LogP) is 13.7. The van der Waals surface area contributed by atoms with E-state index in [0.717, 1.165) is 0 Å². The number of nitriles is 2. The topological polar surface area (TPSA) is 182 Å². The Labute approximate surface area is 447 Å². The second-order valence-corrected chi connectivity index (χ2v) is 28.1. The van der Waals surface area contributed by atoms with Crippen LogP contribution in [0.2, 0.25) is 0 Å². The quantitative estimate of drug-likeness (QED) is 0.0456. The predicted molar refractivity (Wildman–Crippen MR) is 294 cm³/mol. The summed E-state index contributed by atoms with van der Waals surface area (Å²) in [6, 6.07) is 40.2. The van der Waals surface area contributed by atoms with Crippen LogP contribution in [-0.2, 0) is 72.6 Å². The maximum Gasteiger partial charge on any atom is 0.367 e. The zero-order chi connectivity index (χ0) is 56.7. The molecule has 11 nitrogen and oxygen atoms in total. The molecule has 0 spiro atoms. The minimum absolute atomic E-state index is 0.0475. The van der Waals surface area contributed by atoms with Gasteiger partial charge in [-0.1, -0.05) is 132 Å². The minimum atomic E-state index is -6.00. The maximum atomic E-state index is 13.0. The highest BCUT2D eigenvalue weighted by atomic mass is 32.2. The lowest BCUT2D eigenvalue weighted by Crippen LogP contribution is -2.35. The van der Waals surface area contributed by atoms with Crippen LogP contribution in [0.3, 0.4) is 0 Å². The lowest BCUT2D eigenvalue weighted by Gasteiger charge is -2.20. The van der Waals surface area contributed by atoms with Crippen molar-refractivity contribution < 1.29 is 40.8 Å². The Kier molecular flexibility index (Phi) is 23.3. The van der Waals surface area contributed by atoms with E-state index in [4.69, 9.17) is 4.74 Å². The van der Waals surface area contributed by atoms with E-state index >= 15 is 0 Å². The maximum absolute atomic E-state index is 13.0. The third-order valence-corrected chi connectivity index (χ3v) is 16.7. The van der Waals surface area contributed by atoms with Gasteiger partial charge in [-0.25, -0.2) is 8.42 Å². The molecular weight excluding hydrogens is 999 g/mol. The molecule has 0 bridgehead atoms. The number of ether oxygens (including phenoxy) is 2. The summed E-state index contributed by atoms with van der Waals surface area (Å²) in [6.07, 6.45) is 3.49. The molecule has 0 radical (unpaired) electrons. The Hall–Kier alpha value is -5.13. The van der Waals surface area contributed by atoms with Crippen LogP contribution >= 0.6 is 0 Å². The van der Waals surface area contributed by atoms with Crippen LogP contribution in [0.1, 0.15) is 152 Å². The molecule has 404 valence electrons. The number of hydrogen-bond acceptors (Lipinski definition) is 11. The normalized spacial score (nSPS) is 14.1. The molecule has 0 heterocycles. The molecule has 0 fully saturated rings. The number of hydrogen-bond donors (Lipinski definition) is 0. The number of rotatable bonds is 16. The fourth-order valence-corrected chi connectivity index (χ4v) is 9.54. The lowest BCUT2D eigenvalue weighted by molar-refractivity contribution is -0.150. The summed E-state index contributed by atoms with van der Waals surface area (Å²) in [5, 5.41) is 21.3. The van der Waals surface area contributed by atoms with Gasteiger partial charge in [-0.05, 0) is 126 Å². The van der Waals surface area contributed by atoms with E-state index in [2.05, 4.69) is 208 Å². The van der Waals surface area contributed by atoms with Gasteiger partial charge in [-0.2, -0.15) is 29.5 Å². The summed E-state index contributed by atoms with van der Waals surface area (Å²) in [5.41, 5.74) is 3.38. The zero-order valence-corrected chi connectivity index (χ0v) is 49.1. The zero-order valence-electron chi connectivity index (χ0n) is 46.6. The molecule has 4 aromatic rings. The smallest absolute Gasteiger partial charge is 0.367 e. The van der Waals surface area contributed by atoms with Crippen LogP contribution in [0.5, 0.6) is 0 Å². The number of alkyl halides is 2. The Morgan fingerprint density at radius 2 is 0.770 bits per heavy atom. The van der Waals surface area contributed by atoms with Crippen molar-refractivity contribution in [1.82, 2.24) is 0 Å². The van der Waals surface area contributed by atoms with Crippen LogP contribution in [0.25, 0.3) is 0 Å². The molecule has 2 unspecified atom stereocenters. The van der Waals surface area contributed by atoms with E-state index < -0.39 is 51.4 Å². The second-order valence-electron chi connectivity index (χ2n) is 22.6. The second kappa shape index (κ2) is 26.6. The number of halogens is 2. The third kappa shape index (κ3) is 20.9. The minimum Gasteiger partial charge on any atom is -0.743 e. The van der Waals surface area contributed by atoms with Crippen LogP contribution in [0.4, 0.5) is 8.78 Å². The molecule has 0 aliphatic rings. The van der Waals surface area contributed by atoms with Gasteiger partial charge in [-0.3, -0.25) is 9.59 Å². The van der Waals surface area contributed by atoms with E-state index in [9.17, 15) is 41.9 Å². The molecule has 0 saturated heterocycles. The van der Waals surface area contributed by atoms with Crippen molar-refractivity contribution in [2.24, 2.45) is 10.2 Å². The molecule has 0 aliphatic heterocycles. The average Bonchev–Trinajstić information content (AvgIpc) is 3.32. The lowest BCUT2D eigenvalue weighted by atomic mass is 9.87. The Bertz CT molecular complexity index is 2440. The first-order chi connectivity index (χ1) is 33.8. The number of nitrogens with zero attached hydrogens (tertiary/aromatic N) is 4. The molecule has 74 heavy (non-hydrogen) atoms. The average molecular weight is 1080 g/mol. The Morgan fingerprint density at radius 1 is 0.527 bits per heavy atom. The van der Waals surface area contributed by atoms with Crippen molar-refractivity contribution >= 4 is 43.8 Å². The van der Waals surface area contributed by atoms with Gasteiger partial charge in [0.15, 0.2) is 47.4 Å². The van der Waals surface area contributed by atoms with Gasteiger partial charge in [0, 0.05) is 12.8 Å². The fraction of sp³-hybridized carbons (Fsp3) is 0.517. The summed E-state index contributed by atoms with van der Waals surface area (Å²) < 4.78 is 65.8. The molecule has 4 aromatic carbocycles. The summed E-state index contributed by atoms with van der Waals surface area (Å²) in [6.45, 7) is 29.6. The Balaban J connectivity index is 0.000000386. The van der Waals surface area contributed by atoms with Gasteiger partial charge < -0.3 is 14.0 Å². The van der Waals surface area contributed by atoms with Crippen molar-refractivity contribution in [1.29, 1.82) is 10.5 Å². The van der Waals surface area contributed by atoms with E-state index in [0.29, 0.717) is 0 Å². The molecule has 16 heteroatoms. The highest BCUT2D eigenvalue weighted by Crippen LogP contribution is 2.31. The Morgan fingerprint density at radius 3 is 0.973 bits per heavy atom. The first-order valence-corrected chi connectivity index (χ1v) is 29.1. The highest BCUT2D eigenvalue weighted by molar-refractivity contribution is 7.96. The molecular formula is C58H79F2N4O7S3+. The van der Waals surface area contributed by atoms with Gasteiger partial charge in [-0.15, -0.1) is 0 Å². The third-order valence-electron chi connectivity index (χ3n) is 12.0. The molecule has 0 aliphatic carbocycles. The fourth-order valence-electron chi connectivity index (χ4n) is 6.62. The molecule has 0 aromatic heterocycles. The first-order valence-electron chi connectivity index (χ1n) is 24.5. The van der Waals surface area contributed by atoms with Gasteiger partial charge in [0.2, 0.25) is 0 Å². The van der Waals surface area contributed by atoms with Crippen LogP contribution in [-0.4, -0.2) is 67.0 Å². The van der Waals surface area contributed by atoms with E-state index in [1.807, 2.05) is 6.07 Å². The van der Waals surface area contributed by atoms with Gasteiger partial charge in [0.1, 0.15) is 12.5 Å². The van der Waals surface area contributed by atoms with Crippen molar-refractivity contribution in [3.8, 4) is 12.1 Å². The number of carbonyl (C=O) groups is 2. The summed E-state index contributed by atoms with van der Waals surface area (Å²) >= 11 is 0. The van der Waals surface area contributed by atoms with Crippen molar-refractivity contribution in [2.45, 2.75) is 187 Å². The molecule has 4 rings (SSSR count). The summed E-state index contributed by atoms with van der Waals surface area (Å²) in [5.74, 6) is -1.84. The molecule has 0 amide bonds. The van der Waals surface area contributed by atoms with Crippen LogP contribution in [0.15, 0.2) is 127 Å². The van der Waals surface area contributed by atoms with Crippen LogP contribution < -0.4 is 0 Å². The number of carbonyl (C=O) groups excluding carboxylic acids is 2. The van der Waals surface area contributed by atoms with E-state index in [1.165, 1.54) is 55.7 Å². The molecule has 0 saturated carbocycles. The van der Waals surface area contributed by atoms with E-state index in [-0.39, 0.29) is 69.3 Å². The van der Waals surface area contributed by atoms with Gasteiger partial charge >= 0.3 is 17.2 Å². The summed E-state index contributed by atoms with van der Waals surface area (Å²) in [7, 11) is -5.73. The molecule has 0 N–H and O–H groups in total. The summed E-state index contributed by atoms with van der Waals surface area (Å²) in [4.78, 5) is 28.6. The number of azo groups is 1. The van der Waals surface area contributed by atoms with Crippen molar-refractivity contribution in [3.63, 3.8) is 0 Å². The SMILES string of the molecule is CCOC(=O)CCC(C)(C#N)N=NC(C)(C#N)CCC(=O)OCC(F)(F)S(=O)(=O)[O-].C[S+](c1ccc(C(C)(C)C)cc1)c1ccc(C(C)(C)C)cc1.C[S+](c1ccc(C(C)(C)C)cc1)c1ccc(C(C)(C)C)cc1. The first kappa shape index (κ1) is 65.0. The van der Waals surface area contributed by atoms with E-state index in [1.54, 1.807) is 13.0 Å². The number of benzene rings is 4. The van der Waals surface area contributed by atoms with Crippen LogP contribution in [0, 0.1) is 22.7 Å². The molecule has 2 atom stereocenters. The standard InChI is InChI=1S/2C21H29S.C16H22F2N4O7S/c2*1-20(2,3)16-8-12-18(13-9-16)22(7)19-14-10-17(11-15-19)21(4,5)6;1-4-28-12(23)5-7-14(2,9-19)21-22-15(3,10-20)8-6-13(24)29-11-16(17,18)30(25,26)27/h2*8-15H,1-7H3;4-8,11H2,1-3H3,(H,25,26,27)/q2*+1;/p-1. The van der Waals surface area contributed by atoms with Gasteiger partial charge in [0.25, 0.3) is 0 Å². The van der Waals surface area contributed by atoms with Crippen molar-refractivity contribution in [2.75, 3.05) is 25.7 Å². The highest BCUT2D eigenvalue weighted by Gasteiger charge is 2.40. The number of esters is 2.